The average molecular weight is 605 g/mol. The molecule has 0 amide bonds. The molecular weight excluding hydrogens is 584 g/mol. The molecule has 0 radical (unpaired) electrons. The number of hydrogen-bond acceptors (Lipinski definition) is 8. The van der Waals surface area contributed by atoms with Crippen LogP contribution in [0.25, 0.3) is 0 Å². The SMILES string of the molecule is COC(NS(=O)(=O)c1ccc(Cl)c(C(F)(F)F)c1)c1cc(Cl)cnc1C(=O)c1ccnc(N2CCOCC2)c1. The molecule has 3 heterocycles. The van der Waals surface area contributed by atoms with Crippen LogP contribution in [0.5, 0.6) is 0 Å². The van der Waals surface area contributed by atoms with E-state index < -0.39 is 43.7 Å². The number of pyridine rings is 2. The number of hydrogen-bond donors (Lipinski definition) is 1. The fourth-order valence-corrected chi connectivity index (χ4v) is 5.39. The van der Waals surface area contributed by atoms with Crippen molar-refractivity contribution in [2.45, 2.75) is 17.3 Å². The Hall–Kier alpha value is -2.81. The van der Waals surface area contributed by atoms with Crippen molar-refractivity contribution < 1.29 is 35.9 Å². The van der Waals surface area contributed by atoms with Crippen LogP contribution in [0.3, 0.4) is 0 Å². The fraction of sp³-hybridized carbons (Fsp3) is 0.292. The summed E-state index contributed by atoms with van der Waals surface area (Å²) >= 11 is 11.7. The molecule has 1 fully saturated rings. The third-order valence-corrected chi connectivity index (χ3v) is 7.71. The second-order valence-corrected chi connectivity index (χ2v) is 10.9. The molecule has 1 aliphatic rings. The zero-order chi connectivity index (χ0) is 28.4. The number of carbonyl (C=O) groups excluding carboxylic acids is 1. The Labute approximate surface area is 231 Å². The Morgan fingerprint density at radius 2 is 1.85 bits per heavy atom. The number of nitrogens with one attached hydrogen (secondary N) is 1. The second kappa shape index (κ2) is 11.7. The van der Waals surface area contributed by atoms with Crippen LogP contribution in [0.2, 0.25) is 10.0 Å². The Balaban J connectivity index is 1.68. The smallest absolute Gasteiger partial charge is 0.378 e. The highest BCUT2D eigenvalue weighted by molar-refractivity contribution is 7.89. The highest BCUT2D eigenvalue weighted by atomic mass is 35.5. The first-order chi connectivity index (χ1) is 18.4. The van der Waals surface area contributed by atoms with Crippen LogP contribution < -0.4 is 9.62 Å². The Kier molecular flexibility index (Phi) is 8.78. The maximum Gasteiger partial charge on any atom is 0.417 e. The molecule has 39 heavy (non-hydrogen) atoms. The number of halogens is 5. The minimum Gasteiger partial charge on any atom is -0.378 e. The van der Waals surface area contributed by atoms with Gasteiger partial charge in [-0.1, -0.05) is 23.2 Å². The molecule has 1 N–H and O–H groups in total. The van der Waals surface area contributed by atoms with Crippen LogP contribution in [0.15, 0.2) is 53.7 Å². The molecule has 2 aromatic heterocycles. The number of nitrogens with zero attached hydrogens (tertiary/aromatic N) is 3. The average Bonchev–Trinajstić information content (AvgIpc) is 2.91. The zero-order valence-corrected chi connectivity index (χ0v) is 22.5. The summed E-state index contributed by atoms with van der Waals surface area (Å²) in [6.07, 6.45) is -3.75. The number of anilines is 1. The van der Waals surface area contributed by atoms with Gasteiger partial charge in [0.25, 0.3) is 0 Å². The lowest BCUT2D eigenvalue weighted by atomic mass is 10.0. The summed E-state index contributed by atoms with van der Waals surface area (Å²) in [5, 5.41) is -0.595. The van der Waals surface area contributed by atoms with Crippen LogP contribution in [0.1, 0.15) is 33.4 Å². The van der Waals surface area contributed by atoms with Crippen molar-refractivity contribution >= 4 is 44.8 Å². The van der Waals surface area contributed by atoms with Gasteiger partial charge in [0.05, 0.1) is 33.7 Å². The predicted octanol–water partition coefficient (Wildman–Crippen LogP) is 4.49. The number of morpholine rings is 1. The van der Waals surface area contributed by atoms with Crippen molar-refractivity contribution in [2.24, 2.45) is 0 Å². The molecule has 3 aromatic rings. The minimum atomic E-state index is -4.88. The van der Waals surface area contributed by atoms with Gasteiger partial charge in [-0.15, -0.1) is 0 Å². The third kappa shape index (κ3) is 6.68. The number of carbonyl (C=O) groups is 1. The van der Waals surface area contributed by atoms with E-state index in [-0.39, 0.29) is 21.8 Å². The van der Waals surface area contributed by atoms with Gasteiger partial charge in [-0.05, 0) is 36.4 Å². The van der Waals surface area contributed by atoms with E-state index in [9.17, 15) is 26.4 Å². The van der Waals surface area contributed by atoms with Crippen molar-refractivity contribution in [3.8, 4) is 0 Å². The van der Waals surface area contributed by atoms with E-state index in [1.807, 2.05) is 4.90 Å². The number of sulfonamides is 1. The van der Waals surface area contributed by atoms with Gasteiger partial charge in [0.2, 0.25) is 15.8 Å². The number of ether oxygens (including phenoxy) is 2. The van der Waals surface area contributed by atoms with Gasteiger partial charge in [-0.2, -0.15) is 17.9 Å². The lowest BCUT2D eigenvalue weighted by Gasteiger charge is -2.28. The van der Waals surface area contributed by atoms with Gasteiger partial charge in [0, 0.05) is 43.7 Å². The molecule has 1 aliphatic heterocycles. The zero-order valence-electron chi connectivity index (χ0n) is 20.2. The quantitative estimate of drug-likeness (QED) is 0.296. The lowest BCUT2D eigenvalue weighted by Crippen LogP contribution is -2.36. The summed E-state index contributed by atoms with van der Waals surface area (Å²) in [4.78, 5) is 23.2. The highest BCUT2D eigenvalue weighted by Crippen LogP contribution is 2.36. The Bertz CT molecular complexity index is 1480. The van der Waals surface area contributed by atoms with Crippen LogP contribution in [0, 0.1) is 0 Å². The van der Waals surface area contributed by atoms with Crippen molar-refractivity contribution in [3.63, 3.8) is 0 Å². The molecule has 4 rings (SSSR count). The van der Waals surface area contributed by atoms with Crippen molar-refractivity contribution in [2.75, 3.05) is 38.3 Å². The molecule has 1 atom stereocenters. The molecule has 208 valence electrons. The largest absolute Gasteiger partial charge is 0.417 e. The Morgan fingerprint density at radius 3 is 2.51 bits per heavy atom. The van der Waals surface area contributed by atoms with Crippen LogP contribution in [-0.2, 0) is 25.7 Å². The number of methoxy groups -OCH3 is 1. The molecule has 0 bridgehead atoms. The first-order valence-electron chi connectivity index (χ1n) is 11.3. The van der Waals surface area contributed by atoms with Gasteiger partial charge >= 0.3 is 6.18 Å². The predicted molar refractivity (Wildman–Crippen MR) is 136 cm³/mol. The summed E-state index contributed by atoms with van der Waals surface area (Å²) < 4.78 is 78.8. The lowest BCUT2D eigenvalue weighted by molar-refractivity contribution is -0.137. The number of rotatable bonds is 8. The molecule has 15 heteroatoms. The summed E-state index contributed by atoms with van der Waals surface area (Å²) in [5.74, 6) is -0.0301. The Morgan fingerprint density at radius 1 is 1.13 bits per heavy atom. The summed E-state index contributed by atoms with van der Waals surface area (Å²) in [5.41, 5.74) is -1.34. The van der Waals surface area contributed by atoms with Crippen LogP contribution in [0.4, 0.5) is 19.0 Å². The van der Waals surface area contributed by atoms with E-state index in [1.165, 1.54) is 24.5 Å². The maximum absolute atomic E-state index is 13.5. The molecule has 0 saturated carbocycles. The normalized spacial score (nSPS) is 15.3. The molecule has 1 aromatic carbocycles. The van der Waals surface area contributed by atoms with E-state index in [1.54, 1.807) is 6.07 Å². The van der Waals surface area contributed by atoms with E-state index in [0.717, 1.165) is 19.2 Å². The molecule has 0 aliphatic carbocycles. The van der Waals surface area contributed by atoms with Crippen molar-refractivity contribution in [1.82, 2.24) is 14.7 Å². The minimum absolute atomic E-state index is 0.0479. The molecule has 9 nitrogen and oxygen atoms in total. The third-order valence-electron chi connectivity index (χ3n) is 5.78. The highest BCUT2D eigenvalue weighted by Gasteiger charge is 2.35. The number of alkyl halides is 3. The molecule has 0 spiro atoms. The van der Waals surface area contributed by atoms with Crippen LogP contribution >= 0.6 is 23.2 Å². The van der Waals surface area contributed by atoms with Crippen LogP contribution in [-0.4, -0.2) is 57.6 Å². The van der Waals surface area contributed by atoms with Gasteiger partial charge in [0.1, 0.15) is 17.7 Å². The molecule has 1 unspecified atom stereocenters. The number of benzene rings is 1. The molecular formula is C24H21Cl2F3N4O5S. The summed E-state index contributed by atoms with van der Waals surface area (Å²) in [6, 6.07) is 6.48. The van der Waals surface area contributed by atoms with Gasteiger partial charge in [-0.25, -0.2) is 13.4 Å². The van der Waals surface area contributed by atoms with E-state index in [4.69, 9.17) is 32.7 Å². The monoisotopic (exact) mass is 604 g/mol. The first-order valence-corrected chi connectivity index (χ1v) is 13.6. The van der Waals surface area contributed by atoms with Gasteiger partial charge in [-0.3, -0.25) is 9.78 Å². The van der Waals surface area contributed by atoms with Crippen molar-refractivity contribution in [3.05, 3.63) is 81.2 Å². The van der Waals surface area contributed by atoms with E-state index >= 15 is 0 Å². The standard InChI is InChI=1S/C24H21Cl2F3N4O5S/c1-37-23(32-39(35,36)16-2-3-19(26)18(12-16)24(27,28)29)17-11-15(25)13-31-21(17)22(34)14-4-5-30-20(10-14)33-6-8-38-9-7-33/h2-5,10-13,23,32H,6-9H2,1H3. The summed E-state index contributed by atoms with van der Waals surface area (Å²) in [7, 11) is -3.46. The van der Waals surface area contributed by atoms with Crippen molar-refractivity contribution in [1.29, 1.82) is 0 Å². The van der Waals surface area contributed by atoms with E-state index in [0.29, 0.717) is 38.2 Å². The fourth-order valence-electron chi connectivity index (χ4n) is 3.84. The summed E-state index contributed by atoms with van der Waals surface area (Å²) in [6.45, 7) is 2.19. The first kappa shape index (κ1) is 29.2. The topological polar surface area (TPSA) is 111 Å². The van der Waals surface area contributed by atoms with Gasteiger partial charge in [0.15, 0.2) is 0 Å². The number of aromatic nitrogens is 2. The van der Waals surface area contributed by atoms with E-state index in [2.05, 4.69) is 14.7 Å². The number of ketones is 1. The second-order valence-electron chi connectivity index (χ2n) is 8.30. The molecule has 1 saturated heterocycles. The van der Waals surface area contributed by atoms with Gasteiger partial charge < -0.3 is 14.4 Å². The maximum atomic E-state index is 13.5.